The Hall–Kier alpha value is -2.67. The molecule has 158 valence electrons. The van der Waals surface area contributed by atoms with Gasteiger partial charge in [-0.1, -0.05) is 36.4 Å². The van der Waals surface area contributed by atoms with Crippen LogP contribution in [0.1, 0.15) is 36.1 Å². The molecule has 2 heterocycles. The number of hydrogen-bond donors (Lipinski definition) is 3. The fourth-order valence-electron chi connectivity index (χ4n) is 4.21. The minimum atomic E-state index is -0.438. The highest BCUT2D eigenvalue weighted by molar-refractivity contribution is 6.36. The Morgan fingerprint density at radius 3 is 2.53 bits per heavy atom. The van der Waals surface area contributed by atoms with E-state index in [9.17, 15) is 15.0 Å². The maximum absolute atomic E-state index is 12.6. The summed E-state index contributed by atoms with van der Waals surface area (Å²) in [7, 11) is 0. The molecule has 3 N–H and O–H groups in total. The van der Waals surface area contributed by atoms with Gasteiger partial charge in [0.25, 0.3) is 5.91 Å². The van der Waals surface area contributed by atoms with Gasteiger partial charge >= 0.3 is 0 Å². The third kappa shape index (κ3) is 4.26. The van der Waals surface area contributed by atoms with Gasteiger partial charge in [-0.05, 0) is 31.9 Å². The number of rotatable bonds is 7. The van der Waals surface area contributed by atoms with E-state index in [1.54, 1.807) is 13.8 Å². The number of carbonyl (C=O) groups is 1. The van der Waals surface area contributed by atoms with E-state index in [0.717, 1.165) is 35.3 Å². The molecule has 2 aromatic rings. The van der Waals surface area contributed by atoms with Crippen LogP contribution < -0.4 is 5.32 Å². The minimum Gasteiger partial charge on any atom is -0.487 e. The number of nitrogens with zero attached hydrogens (tertiary/aromatic N) is 1. The third-order valence-electron chi connectivity index (χ3n) is 5.45. The molecule has 2 aliphatic heterocycles. The summed E-state index contributed by atoms with van der Waals surface area (Å²) >= 11 is 0. The Kier molecular flexibility index (Phi) is 5.90. The summed E-state index contributed by atoms with van der Waals surface area (Å²) in [5.41, 5.74) is 5.49. The molecule has 2 unspecified atom stereocenters. The van der Waals surface area contributed by atoms with Crippen molar-refractivity contribution in [3.8, 4) is 0 Å². The van der Waals surface area contributed by atoms with Crippen molar-refractivity contribution in [1.82, 2.24) is 4.90 Å². The van der Waals surface area contributed by atoms with Gasteiger partial charge in [0.15, 0.2) is 0 Å². The Bertz CT molecular complexity index is 971. The Morgan fingerprint density at radius 1 is 1.07 bits per heavy atom. The first-order valence-electron chi connectivity index (χ1n) is 10.4. The monoisotopic (exact) mass is 408 g/mol. The topological polar surface area (TPSA) is 82.0 Å². The minimum absolute atomic E-state index is 0.130. The van der Waals surface area contributed by atoms with Crippen molar-refractivity contribution < 1.29 is 19.7 Å². The van der Waals surface area contributed by atoms with Gasteiger partial charge in [-0.3, -0.25) is 9.69 Å². The largest absolute Gasteiger partial charge is 0.487 e. The molecule has 0 spiro atoms. The molecule has 0 saturated heterocycles. The predicted molar refractivity (Wildman–Crippen MR) is 117 cm³/mol. The molecule has 2 aliphatic rings. The van der Waals surface area contributed by atoms with E-state index in [-0.39, 0.29) is 5.91 Å². The van der Waals surface area contributed by atoms with E-state index in [2.05, 4.69) is 22.3 Å². The number of nitrogens with one attached hydrogen (secondary N) is 1. The van der Waals surface area contributed by atoms with Crippen molar-refractivity contribution >= 4 is 22.9 Å². The van der Waals surface area contributed by atoms with Crippen molar-refractivity contribution in [3.05, 3.63) is 64.7 Å². The summed E-state index contributed by atoms with van der Waals surface area (Å²) < 4.78 is 5.96. The molecule has 6 heteroatoms. The summed E-state index contributed by atoms with van der Waals surface area (Å²) in [4.78, 5) is 14.6. The second-order valence-electron chi connectivity index (χ2n) is 8.19. The lowest BCUT2D eigenvalue weighted by Crippen LogP contribution is -2.37. The number of ether oxygens (including phenoxy) is 1. The van der Waals surface area contributed by atoms with Crippen molar-refractivity contribution in [3.63, 3.8) is 0 Å². The number of benzene rings is 2. The molecule has 1 amide bonds. The maximum atomic E-state index is 12.6. The fourth-order valence-corrected chi connectivity index (χ4v) is 4.21. The van der Waals surface area contributed by atoms with Crippen molar-refractivity contribution in [2.45, 2.75) is 39.1 Å². The van der Waals surface area contributed by atoms with Crippen LogP contribution >= 0.6 is 0 Å². The second-order valence-corrected chi connectivity index (χ2v) is 8.19. The lowest BCUT2D eigenvalue weighted by molar-refractivity contribution is -0.110. The summed E-state index contributed by atoms with van der Waals surface area (Å²) in [6, 6.07) is 13.9. The molecule has 0 radical (unpaired) electrons. The molecule has 2 aromatic carbocycles. The zero-order chi connectivity index (χ0) is 21.3. The lowest BCUT2D eigenvalue weighted by atomic mass is 9.98. The van der Waals surface area contributed by atoms with Crippen LogP contribution in [-0.2, 0) is 22.6 Å². The predicted octanol–water partition coefficient (Wildman–Crippen LogP) is 2.64. The third-order valence-corrected chi connectivity index (χ3v) is 5.45. The quantitative estimate of drug-likeness (QED) is 0.614. The van der Waals surface area contributed by atoms with Crippen LogP contribution in [0.15, 0.2) is 42.5 Å². The van der Waals surface area contributed by atoms with Gasteiger partial charge in [0.05, 0.1) is 17.8 Å². The average molecular weight is 408 g/mol. The summed E-state index contributed by atoms with van der Waals surface area (Å²) in [5.74, 6) is 0.513. The number of anilines is 1. The zero-order valence-electron chi connectivity index (χ0n) is 17.4. The number of para-hydroxylation sites is 1. The van der Waals surface area contributed by atoms with Crippen LogP contribution in [-0.4, -0.2) is 52.9 Å². The fraction of sp³-hybridized carbons (Fsp3) is 0.375. The van der Waals surface area contributed by atoms with Gasteiger partial charge in [0.2, 0.25) is 0 Å². The SMILES string of the molecule is CC(O)CN(CCc1ccc2c(c1)COC2=C1C(=O)Nc2ccccc21)CC(C)O. The first-order chi connectivity index (χ1) is 14.4. The van der Waals surface area contributed by atoms with Gasteiger partial charge in [0.1, 0.15) is 12.4 Å². The molecule has 30 heavy (non-hydrogen) atoms. The molecule has 6 nitrogen and oxygen atoms in total. The average Bonchev–Trinajstić information content (AvgIpc) is 3.24. The molecule has 0 bridgehead atoms. The molecular formula is C24H28N2O4. The van der Waals surface area contributed by atoms with E-state index in [1.165, 1.54) is 5.56 Å². The van der Waals surface area contributed by atoms with Crippen molar-refractivity contribution in [2.75, 3.05) is 25.0 Å². The number of amides is 1. The number of fused-ring (bicyclic) bond motifs is 2. The normalized spacial score (nSPS) is 19.3. The number of aliphatic hydroxyl groups is 2. The van der Waals surface area contributed by atoms with Crippen molar-refractivity contribution in [2.24, 2.45) is 0 Å². The zero-order valence-corrected chi connectivity index (χ0v) is 17.4. The molecule has 0 saturated carbocycles. The molecule has 0 fully saturated rings. The highest BCUT2D eigenvalue weighted by Gasteiger charge is 2.32. The van der Waals surface area contributed by atoms with E-state index in [1.807, 2.05) is 30.3 Å². The molecule has 2 atom stereocenters. The highest BCUT2D eigenvalue weighted by Crippen LogP contribution is 2.41. The Morgan fingerprint density at radius 2 is 1.80 bits per heavy atom. The second kappa shape index (κ2) is 8.60. The van der Waals surface area contributed by atoms with E-state index in [4.69, 9.17) is 4.74 Å². The molecule has 0 aliphatic carbocycles. The van der Waals surface area contributed by atoms with Crippen LogP contribution in [0.4, 0.5) is 5.69 Å². The van der Waals surface area contributed by atoms with Crippen LogP contribution in [0.25, 0.3) is 11.3 Å². The maximum Gasteiger partial charge on any atom is 0.260 e. The number of carbonyl (C=O) groups excluding carboxylic acids is 1. The van der Waals surface area contributed by atoms with E-state index >= 15 is 0 Å². The number of hydrogen-bond acceptors (Lipinski definition) is 5. The first-order valence-corrected chi connectivity index (χ1v) is 10.4. The van der Waals surface area contributed by atoms with Gasteiger partial charge in [-0.2, -0.15) is 0 Å². The van der Waals surface area contributed by atoms with Gasteiger partial charge in [-0.15, -0.1) is 0 Å². The highest BCUT2D eigenvalue weighted by atomic mass is 16.5. The van der Waals surface area contributed by atoms with Crippen LogP contribution in [0.2, 0.25) is 0 Å². The standard InChI is InChI=1S/C24H28N2O4/c1-15(27)12-26(13-16(2)28)10-9-17-7-8-19-18(11-17)14-30-23(19)22-20-5-3-4-6-21(20)25-24(22)29/h3-8,11,15-16,27-28H,9-10,12-14H2,1-2H3,(H,25,29). The van der Waals surface area contributed by atoms with Crippen LogP contribution in [0, 0.1) is 0 Å². The molecule has 0 aromatic heterocycles. The smallest absolute Gasteiger partial charge is 0.260 e. The molecular weight excluding hydrogens is 380 g/mol. The van der Waals surface area contributed by atoms with Crippen molar-refractivity contribution in [1.29, 1.82) is 0 Å². The summed E-state index contributed by atoms with van der Waals surface area (Å²) in [5, 5.41) is 22.3. The van der Waals surface area contributed by atoms with E-state index in [0.29, 0.717) is 31.0 Å². The Balaban J connectivity index is 1.54. The number of aliphatic hydroxyl groups excluding tert-OH is 2. The van der Waals surface area contributed by atoms with E-state index < -0.39 is 12.2 Å². The first kappa shape index (κ1) is 20.6. The van der Waals surface area contributed by atoms with Gasteiger partial charge < -0.3 is 20.3 Å². The lowest BCUT2D eigenvalue weighted by Gasteiger charge is -2.25. The van der Waals surface area contributed by atoms with Gasteiger partial charge in [0, 0.05) is 42.0 Å². The molecule has 4 rings (SSSR count). The Labute approximate surface area is 176 Å². The summed E-state index contributed by atoms with van der Waals surface area (Å²) in [6.07, 6.45) is -0.0688. The summed E-state index contributed by atoms with van der Waals surface area (Å²) in [6.45, 7) is 5.78. The van der Waals surface area contributed by atoms with Gasteiger partial charge in [-0.25, -0.2) is 0 Å². The van der Waals surface area contributed by atoms with Crippen LogP contribution in [0.5, 0.6) is 0 Å². The van der Waals surface area contributed by atoms with Crippen LogP contribution in [0.3, 0.4) is 0 Å².